The minimum absolute atomic E-state index is 0.0834. The van der Waals surface area contributed by atoms with E-state index in [9.17, 15) is 13.2 Å². The predicted molar refractivity (Wildman–Crippen MR) is 81.8 cm³/mol. The maximum absolute atomic E-state index is 12.3. The summed E-state index contributed by atoms with van der Waals surface area (Å²) in [6, 6.07) is -0.337. The van der Waals surface area contributed by atoms with E-state index in [1.54, 1.807) is 11.8 Å². The molecule has 1 heterocycles. The SMILES string of the molecule is C[C@@H]1[C@@H](C)S(=O)(=O)CCN1C(=O)NC[C@H]1C[C@H]2CC[C@H]1C2. The molecule has 5 nitrogen and oxygen atoms in total. The lowest BCUT2D eigenvalue weighted by atomic mass is 9.89. The summed E-state index contributed by atoms with van der Waals surface area (Å²) in [5.74, 6) is 2.40. The minimum atomic E-state index is -3.04. The molecule has 2 aliphatic carbocycles. The molecule has 2 bridgehead atoms. The normalized spacial score (nSPS) is 41.2. The van der Waals surface area contributed by atoms with Crippen LogP contribution in [0.1, 0.15) is 39.5 Å². The minimum Gasteiger partial charge on any atom is -0.338 e. The van der Waals surface area contributed by atoms with E-state index in [4.69, 9.17) is 0 Å². The first-order valence-corrected chi connectivity index (χ1v) is 9.86. The number of hydrogen-bond acceptors (Lipinski definition) is 3. The molecule has 5 atom stereocenters. The second-order valence-electron chi connectivity index (χ2n) is 7.13. The van der Waals surface area contributed by atoms with Gasteiger partial charge in [-0.3, -0.25) is 0 Å². The third-order valence-corrected chi connectivity index (χ3v) is 8.29. The van der Waals surface area contributed by atoms with Gasteiger partial charge < -0.3 is 10.2 Å². The van der Waals surface area contributed by atoms with Crippen LogP contribution in [-0.2, 0) is 9.84 Å². The van der Waals surface area contributed by atoms with Crippen LogP contribution in [0.4, 0.5) is 4.79 Å². The number of urea groups is 1. The van der Waals surface area contributed by atoms with E-state index < -0.39 is 15.1 Å². The highest BCUT2D eigenvalue weighted by atomic mass is 32.2. The maximum atomic E-state index is 12.3. The molecule has 3 fully saturated rings. The number of amides is 2. The van der Waals surface area contributed by atoms with Gasteiger partial charge in [-0.25, -0.2) is 13.2 Å². The molecule has 1 saturated heterocycles. The van der Waals surface area contributed by atoms with Gasteiger partial charge in [-0.2, -0.15) is 0 Å². The average Bonchev–Trinajstić information content (AvgIpc) is 3.05. The molecule has 0 aromatic carbocycles. The van der Waals surface area contributed by atoms with Gasteiger partial charge in [-0.05, 0) is 50.9 Å². The second kappa shape index (κ2) is 5.45. The van der Waals surface area contributed by atoms with Crippen molar-refractivity contribution in [2.24, 2.45) is 17.8 Å². The maximum Gasteiger partial charge on any atom is 0.317 e. The van der Waals surface area contributed by atoms with Crippen LogP contribution in [0.25, 0.3) is 0 Å². The van der Waals surface area contributed by atoms with Crippen molar-refractivity contribution in [3.8, 4) is 0 Å². The quantitative estimate of drug-likeness (QED) is 0.842. The molecule has 21 heavy (non-hydrogen) atoms. The molecule has 0 spiro atoms. The number of hydrogen-bond donors (Lipinski definition) is 1. The first-order valence-electron chi connectivity index (χ1n) is 8.14. The summed E-state index contributed by atoms with van der Waals surface area (Å²) in [5, 5.41) is 2.58. The van der Waals surface area contributed by atoms with Crippen LogP contribution in [0.5, 0.6) is 0 Å². The number of carbonyl (C=O) groups excluding carboxylic acids is 1. The van der Waals surface area contributed by atoms with Gasteiger partial charge in [-0.15, -0.1) is 0 Å². The first-order chi connectivity index (χ1) is 9.88. The zero-order valence-corrected chi connectivity index (χ0v) is 13.7. The smallest absolute Gasteiger partial charge is 0.317 e. The summed E-state index contributed by atoms with van der Waals surface area (Å²) in [4.78, 5) is 14.0. The van der Waals surface area contributed by atoms with Gasteiger partial charge in [0.1, 0.15) is 0 Å². The van der Waals surface area contributed by atoms with Crippen LogP contribution in [0, 0.1) is 17.8 Å². The van der Waals surface area contributed by atoms with Gasteiger partial charge in [0.15, 0.2) is 9.84 Å². The average molecular weight is 314 g/mol. The van der Waals surface area contributed by atoms with Crippen molar-refractivity contribution in [2.45, 2.75) is 50.8 Å². The molecule has 0 radical (unpaired) electrons. The van der Waals surface area contributed by atoms with Crippen molar-refractivity contribution in [2.75, 3.05) is 18.8 Å². The molecule has 0 unspecified atom stereocenters. The number of nitrogens with one attached hydrogen (secondary N) is 1. The highest BCUT2D eigenvalue weighted by Gasteiger charge is 2.41. The Morgan fingerprint density at radius 1 is 1.24 bits per heavy atom. The van der Waals surface area contributed by atoms with Gasteiger partial charge >= 0.3 is 6.03 Å². The Hall–Kier alpha value is -0.780. The van der Waals surface area contributed by atoms with Gasteiger partial charge in [0, 0.05) is 19.1 Å². The third-order valence-electron chi connectivity index (χ3n) is 6.01. The van der Waals surface area contributed by atoms with E-state index >= 15 is 0 Å². The number of nitrogens with zero attached hydrogens (tertiary/aromatic N) is 1. The van der Waals surface area contributed by atoms with E-state index in [2.05, 4.69) is 5.32 Å². The lowest BCUT2D eigenvalue weighted by molar-refractivity contribution is 0.174. The molecule has 6 heteroatoms. The molecular formula is C15H26N2O3S. The fourth-order valence-corrected chi connectivity index (χ4v) is 5.97. The van der Waals surface area contributed by atoms with Crippen LogP contribution in [0.2, 0.25) is 0 Å². The molecule has 1 N–H and O–H groups in total. The lowest BCUT2D eigenvalue weighted by Gasteiger charge is -2.37. The number of fused-ring (bicyclic) bond motifs is 2. The summed E-state index contributed by atoms with van der Waals surface area (Å²) in [5.41, 5.74) is 0. The Bertz CT molecular complexity index is 519. The summed E-state index contributed by atoms with van der Waals surface area (Å²) >= 11 is 0. The highest BCUT2D eigenvalue weighted by Crippen LogP contribution is 2.47. The van der Waals surface area contributed by atoms with Crippen molar-refractivity contribution in [3.63, 3.8) is 0 Å². The van der Waals surface area contributed by atoms with Crippen LogP contribution < -0.4 is 5.32 Å². The molecule has 2 amide bonds. The Morgan fingerprint density at radius 2 is 2.00 bits per heavy atom. The van der Waals surface area contributed by atoms with Crippen molar-refractivity contribution < 1.29 is 13.2 Å². The Balaban J connectivity index is 1.54. The third kappa shape index (κ3) is 2.79. The number of sulfone groups is 1. The lowest BCUT2D eigenvalue weighted by Crippen LogP contribution is -2.57. The van der Waals surface area contributed by atoms with Crippen LogP contribution >= 0.6 is 0 Å². The Labute approximate surface area is 127 Å². The van der Waals surface area contributed by atoms with Crippen molar-refractivity contribution in [1.82, 2.24) is 10.2 Å². The molecular weight excluding hydrogens is 288 g/mol. The van der Waals surface area contributed by atoms with Gasteiger partial charge in [0.2, 0.25) is 0 Å². The first kappa shape index (κ1) is 15.1. The number of rotatable bonds is 2. The fourth-order valence-electron chi connectivity index (χ4n) is 4.40. The van der Waals surface area contributed by atoms with Crippen molar-refractivity contribution in [3.05, 3.63) is 0 Å². The van der Waals surface area contributed by atoms with Gasteiger partial charge in [0.25, 0.3) is 0 Å². The number of carbonyl (C=O) groups is 1. The molecule has 1 aliphatic heterocycles. The summed E-state index contributed by atoms with van der Waals surface area (Å²) in [7, 11) is -3.04. The molecule has 120 valence electrons. The van der Waals surface area contributed by atoms with Crippen LogP contribution in [-0.4, -0.2) is 49.5 Å². The molecule has 3 rings (SSSR count). The molecule has 2 saturated carbocycles. The van der Waals surface area contributed by atoms with Gasteiger partial charge in [0.05, 0.1) is 11.0 Å². The van der Waals surface area contributed by atoms with Crippen LogP contribution in [0.15, 0.2) is 0 Å². The monoisotopic (exact) mass is 314 g/mol. The highest BCUT2D eigenvalue weighted by molar-refractivity contribution is 7.92. The predicted octanol–water partition coefficient (Wildman–Crippen LogP) is 1.64. The summed E-state index contributed by atoms with van der Waals surface area (Å²) in [6.45, 7) is 4.61. The van der Waals surface area contributed by atoms with Crippen LogP contribution in [0.3, 0.4) is 0 Å². The molecule has 0 aromatic rings. The van der Waals surface area contributed by atoms with Gasteiger partial charge in [-0.1, -0.05) is 6.42 Å². The molecule has 0 aromatic heterocycles. The second-order valence-corrected chi connectivity index (χ2v) is 9.60. The Kier molecular flexibility index (Phi) is 3.93. The standard InChI is InChI=1S/C15H26N2O3S/c1-10-11(2)21(19,20)6-5-17(10)15(18)16-9-14-8-12-3-4-13(14)7-12/h10-14H,3-9H2,1-2H3,(H,16,18)/t10-,11-,12+,13+,14-/m1/s1. The van der Waals surface area contributed by atoms with Crippen molar-refractivity contribution >= 4 is 15.9 Å². The largest absolute Gasteiger partial charge is 0.338 e. The van der Waals surface area contributed by atoms with E-state index in [1.807, 2.05) is 6.92 Å². The van der Waals surface area contributed by atoms with E-state index in [0.29, 0.717) is 12.5 Å². The zero-order chi connectivity index (χ0) is 15.2. The summed E-state index contributed by atoms with van der Waals surface area (Å²) < 4.78 is 23.7. The van der Waals surface area contributed by atoms with E-state index in [-0.39, 0.29) is 17.8 Å². The topological polar surface area (TPSA) is 66.5 Å². The van der Waals surface area contributed by atoms with E-state index in [1.165, 1.54) is 25.7 Å². The fraction of sp³-hybridized carbons (Fsp3) is 0.933. The zero-order valence-electron chi connectivity index (χ0n) is 12.9. The van der Waals surface area contributed by atoms with E-state index in [0.717, 1.165) is 18.4 Å². The van der Waals surface area contributed by atoms with Crippen molar-refractivity contribution in [1.29, 1.82) is 0 Å². The molecule has 3 aliphatic rings. The summed E-state index contributed by atoms with van der Waals surface area (Å²) in [6.07, 6.45) is 5.29. The Morgan fingerprint density at radius 3 is 2.62 bits per heavy atom.